The third-order valence-corrected chi connectivity index (χ3v) is 6.97. The van der Waals surface area contributed by atoms with E-state index in [9.17, 15) is 14.7 Å². The summed E-state index contributed by atoms with van der Waals surface area (Å²) < 4.78 is 1.07. The topological polar surface area (TPSA) is 78.4 Å². The molecule has 1 aliphatic rings. The molecule has 194 valence electrons. The molecular weight excluding hydrogens is 563 g/mol. The number of benzene rings is 1. The van der Waals surface area contributed by atoms with Gasteiger partial charge in [0.15, 0.2) is 0 Å². The van der Waals surface area contributed by atoms with Crippen molar-refractivity contribution in [3.8, 4) is 0 Å². The van der Waals surface area contributed by atoms with Gasteiger partial charge in [-0.1, -0.05) is 67.5 Å². The van der Waals surface area contributed by atoms with Gasteiger partial charge in [0, 0.05) is 16.2 Å². The number of rotatable bonds is 10. The van der Waals surface area contributed by atoms with Gasteiger partial charge in [-0.2, -0.15) is 0 Å². The molecule has 0 radical (unpaired) electrons. The maximum Gasteiger partial charge on any atom is 0.245 e. The van der Waals surface area contributed by atoms with Crippen LogP contribution >= 0.6 is 22.6 Å². The van der Waals surface area contributed by atoms with E-state index in [4.69, 9.17) is 0 Å². The van der Waals surface area contributed by atoms with Crippen molar-refractivity contribution in [2.24, 2.45) is 5.41 Å². The quantitative estimate of drug-likeness (QED) is 0.177. The van der Waals surface area contributed by atoms with Crippen molar-refractivity contribution in [2.45, 2.75) is 66.5 Å². The number of halogens is 1. The molecule has 5 nitrogen and oxygen atoms in total. The summed E-state index contributed by atoms with van der Waals surface area (Å²) in [6.45, 7) is 10.6. The summed E-state index contributed by atoms with van der Waals surface area (Å²) >= 11 is 2.21. The largest absolute Gasteiger partial charge is 0.394 e. The van der Waals surface area contributed by atoms with Gasteiger partial charge in [0.25, 0.3) is 0 Å². The minimum absolute atomic E-state index is 0.214. The SMILES string of the molecule is CC(C=CC1=C(C)CCCC1(C)C)=CC=CC(C)=CC(=O)NC(CO)C(=O)NCc1cccc(I)c1. The molecule has 2 amide bonds. The van der Waals surface area contributed by atoms with Gasteiger partial charge in [-0.15, -0.1) is 0 Å². The normalized spacial score (nSPS) is 17.5. The molecule has 2 rings (SSSR count). The van der Waals surface area contributed by atoms with Crippen LogP contribution in [0.5, 0.6) is 0 Å². The van der Waals surface area contributed by atoms with Crippen LogP contribution in [0.3, 0.4) is 0 Å². The highest BCUT2D eigenvalue weighted by molar-refractivity contribution is 14.1. The summed E-state index contributed by atoms with van der Waals surface area (Å²) in [5.41, 5.74) is 5.93. The summed E-state index contributed by atoms with van der Waals surface area (Å²) in [5, 5.41) is 14.9. The van der Waals surface area contributed by atoms with E-state index in [0.29, 0.717) is 6.54 Å². The molecule has 0 saturated carbocycles. The third-order valence-electron chi connectivity index (χ3n) is 6.30. The molecule has 0 bridgehead atoms. The maximum absolute atomic E-state index is 12.4. The van der Waals surface area contributed by atoms with Crippen LogP contribution in [0.2, 0.25) is 0 Å². The van der Waals surface area contributed by atoms with Crippen LogP contribution in [-0.4, -0.2) is 29.6 Å². The molecule has 36 heavy (non-hydrogen) atoms. The van der Waals surface area contributed by atoms with Crippen LogP contribution in [-0.2, 0) is 16.1 Å². The second-order valence-electron chi connectivity index (χ2n) is 10.0. The van der Waals surface area contributed by atoms with E-state index in [1.807, 2.05) is 49.4 Å². The Balaban J connectivity index is 1.90. The van der Waals surface area contributed by atoms with Gasteiger partial charge in [0.1, 0.15) is 6.04 Å². The molecule has 1 unspecified atom stereocenters. The Bertz CT molecular complexity index is 1090. The van der Waals surface area contributed by atoms with Crippen molar-refractivity contribution in [3.63, 3.8) is 0 Å². The summed E-state index contributed by atoms with van der Waals surface area (Å²) in [5.74, 6) is -0.855. The van der Waals surface area contributed by atoms with Crippen molar-refractivity contribution >= 4 is 34.4 Å². The van der Waals surface area contributed by atoms with Crippen molar-refractivity contribution in [1.29, 1.82) is 0 Å². The Morgan fingerprint density at radius 3 is 2.61 bits per heavy atom. The van der Waals surface area contributed by atoms with E-state index < -0.39 is 24.5 Å². The predicted molar refractivity (Wildman–Crippen MR) is 156 cm³/mol. The standard InChI is InChI=1S/C30H39IN2O3/c1-21(14-15-26-23(3)11-8-16-30(26,4)5)9-6-10-22(2)17-28(35)33-27(20-34)29(36)32-19-24-12-7-13-25(31)18-24/h6-7,9-10,12-15,17-18,27,34H,8,11,16,19-20H2,1-5H3,(H,32,36)(H,33,35). The van der Waals surface area contributed by atoms with Crippen LogP contribution in [0.1, 0.15) is 59.4 Å². The molecule has 0 aliphatic heterocycles. The molecule has 0 spiro atoms. The zero-order chi connectivity index (χ0) is 26.7. The van der Waals surface area contributed by atoms with E-state index in [-0.39, 0.29) is 5.41 Å². The van der Waals surface area contributed by atoms with Gasteiger partial charge in [0.2, 0.25) is 11.8 Å². The lowest BCUT2D eigenvalue weighted by molar-refractivity contribution is -0.128. The second kappa shape index (κ2) is 14.3. The Kier molecular flexibility index (Phi) is 11.9. The van der Waals surface area contributed by atoms with Crippen molar-refractivity contribution in [1.82, 2.24) is 10.6 Å². The molecule has 1 aromatic rings. The molecule has 0 aromatic heterocycles. The summed E-state index contributed by atoms with van der Waals surface area (Å²) in [4.78, 5) is 24.8. The first-order chi connectivity index (χ1) is 17.0. The molecule has 6 heteroatoms. The second-order valence-corrected chi connectivity index (χ2v) is 11.3. The van der Waals surface area contributed by atoms with E-state index in [1.165, 1.54) is 36.5 Å². The fraction of sp³-hybridized carbons (Fsp3) is 0.400. The number of aliphatic hydroxyl groups excluding tert-OH is 1. The molecule has 0 saturated heterocycles. The van der Waals surface area contributed by atoms with Gasteiger partial charge in [0.05, 0.1) is 6.61 Å². The number of nitrogens with one attached hydrogen (secondary N) is 2. The average molecular weight is 603 g/mol. The molecule has 1 aliphatic carbocycles. The highest BCUT2D eigenvalue weighted by atomic mass is 127. The van der Waals surface area contributed by atoms with E-state index >= 15 is 0 Å². The van der Waals surface area contributed by atoms with Crippen molar-refractivity contribution in [3.05, 3.63) is 92.1 Å². The van der Waals surface area contributed by atoms with Crippen LogP contribution in [0, 0.1) is 8.99 Å². The van der Waals surface area contributed by atoms with Gasteiger partial charge < -0.3 is 15.7 Å². The fourth-order valence-electron chi connectivity index (χ4n) is 4.25. The molecule has 0 fully saturated rings. The monoisotopic (exact) mass is 602 g/mol. The fourth-order valence-corrected chi connectivity index (χ4v) is 4.86. The number of carbonyl (C=O) groups excluding carboxylic acids is 2. The molecule has 0 heterocycles. The minimum Gasteiger partial charge on any atom is -0.394 e. The first-order valence-corrected chi connectivity index (χ1v) is 13.4. The predicted octanol–water partition coefficient (Wildman–Crippen LogP) is 5.92. The van der Waals surface area contributed by atoms with Gasteiger partial charge in [-0.25, -0.2) is 0 Å². The Hall–Kier alpha value is -2.45. The summed E-state index contributed by atoms with van der Waals surface area (Å²) in [6, 6.07) is 6.75. The zero-order valence-electron chi connectivity index (χ0n) is 22.0. The lowest BCUT2D eigenvalue weighted by Crippen LogP contribution is -2.48. The summed E-state index contributed by atoms with van der Waals surface area (Å²) in [6.07, 6.45) is 15.2. The third kappa shape index (κ3) is 9.90. The van der Waals surface area contributed by atoms with Crippen LogP contribution in [0.25, 0.3) is 0 Å². The lowest BCUT2D eigenvalue weighted by atomic mass is 9.72. The number of aliphatic hydroxyl groups is 1. The van der Waals surface area contributed by atoms with Crippen molar-refractivity contribution < 1.29 is 14.7 Å². The van der Waals surface area contributed by atoms with E-state index in [1.54, 1.807) is 0 Å². The van der Waals surface area contributed by atoms with E-state index in [2.05, 4.69) is 73.1 Å². The lowest BCUT2D eigenvalue weighted by Gasteiger charge is -2.32. The number of hydrogen-bond donors (Lipinski definition) is 3. The zero-order valence-corrected chi connectivity index (χ0v) is 24.2. The van der Waals surface area contributed by atoms with Crippen LogP contribution in [0.15, 0.2) is 83.0 Å². The Labute approximate surface area is 229 Å². The number of hydrogen-bond acceptors (Lipinski definition) is 3. The average Bonchev–Trinajstić information content (AvgIpc) is 2.80. The van der Waals surface area contributed by atoms with Crippen LogP contribution < -0.4 is 10.6 Å². The molecular formula is C30H39IN2O3. The van der Waals surface area contributed by atoms with Gasteiger partial charge in [-0.05, 0) is 96.9 Å². The highest BCUT2D eigenvalue weighted by Gasteiger charge is 2.26. The van der Waals surface area contributed by atoms with Crippen LogP contribution in [0.4, 0.5) is 0 Å². The highest BCUT2D eigenvalue weighted by Crippen LogP contribution is 2.40. The molecule has 1 atom stereocenters. The minimum atomic E-state index is -1.01. The first-order valence-electron chi connectivity index (χ1n) is 12.4. The van der Waals surface area contributed by atoms with E-state index in [0.717, 1.165) is 20.3 Å². The van der Waals surface area contributed by atoms with Gasteiger partial charge >= 0.3 is 0 Å². The Morgan fingerprint density at radius 1 is 1.19 bits per heavy atom. The summed E-state index contributed by atoms with van der Waals surface area (Å²) in [7, 11) is 0. The van der Waals surface area contributed by atoms with Gasteiger partial charge in [-0.3, -0.25) is 9.59 Å². The molecule has 3 N–H and O–H groups in total. The number of allylic oxidation sites excluding steroid dienone is 9. The Morgan fingerprint density at radius 2 is 1.94 bits per heavy atom. The number of amides is 2. The number of carbonyl (C=O) groups is 2. The van der Waals surface area contributed by atoms with Crippen molar-refractivity contribution in [2.75, 3.05) is 6.61 Å². The first kappa shape index (κ1) is 29.8. The molecule has 1 aromatic carbocycles. The maximum atomic E-state index is 12.4. The smallest absolute Gasteiger partial charge is 0.245 e.